The number of rotatable bonds is 8. The normalized spacial score (nSPS) is 19.1. The molecule has 19 heavy (non-hydrogen) atoms. The Morgan fingerprint density at radius 1 is 1.42 bits per heavy atom. The van der Waals surface area contributed by atoms with Gasteiger partial charge in [-0.2, -0.15) is 0 Å². The zero-order valence-corrected chi connectivity index (χ0v) is 11.6. The van der Waals surface area contributed by atoms with Gasteiger partial charge in [0.2, 0.25) is 17.7 Å². The third kappa shape index (κ3) is 4.98. The van der Waals surface area contributed by atoms with Gasteiger partial charge in [-0.3, -0.25) is 19.3 Å². The summed E-state index contributed by atoms with van der Waals surface area (Å²) < 4.78 is 5.23. The lowest BCUT2D eigenvalue weighted by Crippen LogP contribution is -2.35. The fraction of sp³-hybridized carbons (Fsp3) is 0.769. The molecule has 108 valence electrons. The predicted octanol–water partition coefficient (Wildman–Crippen LogP) is 0.314. The van der Waals surface area contributed by atoms with Gasteiger partial charge in [-0.05, 0) is 6.42 Å². The summed E-state index contributed by atoms with van der Waals surface area (Å²) >= 11 is 0. The van der Waals surface area contributed by atoms with Crippen LogP contribution in [0.4, 0.5) is 0 Å². The van der Waals surface area contributed by atoms with E-state index in [0.29, 0.717) is 19.8 Å². The fourth-order valence-electron chi connectivity index (χ4n) is 1.89. The quantitative estimate of drug-likeness (QED) is 0.509. The average Bonchev–Trinajstić information content (AvgIpc) is 2.61. The molecule has 0 aliphatic carbocycles. The molecule has 1 saturated heterocycles. The molecule has 6 heteroatoms. The number of imide groups is 1. The maximum Gasteiger partial charge on any atom is 0.232 e. The number of nitrogens with zero attached hydrogens (tertiary/aromatic N) is 1. The summed E-state index contributed by atoms with van der Waals surface area (Å²) in [6.45, 7) is 5.54. The van der Waals surface area contributed by atoms with Gasteiger partial charge in [0.15, 0.2) is 0 Å². The van der Waals surface area contributed by atoms with E-state index in [1.165, 1.54) is 4.90 Å². The first-order valence-electron chi connectivity index (χ1n) is 6.75. The van der Waals surface area contributed by atoms with Crippen molar-refractivity contribution >= 4 is 17.7 Å². The second-order valence-corrected chi connectivity index (χ2v) is 4.70. The molecular formula is C13H22N2O4. The lowest BCUT2D eigenvalue weighted by molar-refractivity contribution is -0.139. The first-order valence-corrected chi connectivity index (χ1v) is 6.75. The minimum Gasteiger partial charge on any atom is -0.380 e. The van der Waals surface area contributed by atoms with Gasteiger partial charge < -0.3 is 10.1 Å². The number of carbonyl (C=O) groups excluding carboxylic acids is 3. The lowest BCUT2D eigenvalue weighted by atomic mass is 10.1. The maximum absolute atomic E-state index is 11.6. The zero-order valence-electron chi connectivity index (χ0n) is 11.6. The standard InChI is InChI=1S/C13H22N2O4/c1-3-7-19-8-5-14-11(16)4-6-15-12(17)9-10(2)13(15)18/h10H,3-9H2,1-2H3,(H,14,16). The Labute approximate surface area is 113 Å². The van der Waals surface area contributed by atoms with Crippen molar-refractivity contribution in [3.8, 4) is 0 Å². The molecule has 1 atom stereocenters. The number of ether oxygens (including phenoxy) is 1. The van der Waals surface area contributed by atoms with Crippen LogP contribution in [-0.4, -0.2) is 48.9 Å². The maximum atomic E-state index is 11.6. The van der Waals surface area contributed by atoms with E-state index in [9.17, 15) is 14.4 Å². The monoisotopic (exact) mass is 270 g/mol. The molecule has 0 aromatic carbocycles. The van der Waals surface area contributed by atoms with Gasteiger partial charge in [0, 0.05) is 38.5 Å². The number of hydrogen-bond donors (Lipinski definition) is 1. The Hall–Kier alpha value is -1.43. The van der Waals surface area contributed by atoms with Gasteiger partial charge in [-0.15, -0.1) is 0 Å². The van der Waals surface area contributed by atoms with E-state index in [-0.39, 0.29) is 43.0 Å². The Kier molecular flexibility index (Phi) is 6.49. The van der Waals surface area contributed by atoms with Crippen molar-refractivity contribution in [3.63, 3.8) is 0 Å². The summed E-state index contributed by atoms with van der Waals surface area (Å²) in [5.41, 5.74) is 0. The molecule has 1 aliphatic heterocycles. The number of amides is 3. The SMILES string of the molecule is CCCOCCNC(=O)CCN1C(=O)CC(C)C1=O. The highest BCUT2D eigenvalue weighted by atomic mass is 16.5. The smallest absolute Gasteiger partial charge is 0.232 e. The van der Waals surface area contributed by atoms with Crippen LogP contribution in [0.3, 0.4) is 0 Å². The van der Waals surface area contributed by atoms with Crippen LogP contribution in [0, 0.1) is 5.92 Å². The summed E-state index contributed by atoms with van der Waals surface area (Å²) in [5, 5.41) is 2.69. The second kappa shape index (κ2) is 7.89. The highest BCUT2D eigenvalue weighted by Crippen LogP contribution is 2.18. The molecule has 1 rings (SSSR count). The molecule has 6 nitrogen and oxygen atoms in total. The first kappa shape index (κ1) is 15.6. The van der Waals surface area contributed by atoms with Crippen LogP contribution in [0.15, 0.2) is 0 Å². The van der Waals surface area contributed by atoms with Crippen molar-refractivity contribution in [1.29, 1.82) is 0 Å². The van der Waals surface area contributed by atoms with Crippen molar-refractivity contribution in [1.82, 2.24) is 10.2 Å². The van der Waals surface area contributed by atoms with Crippen LogP contribution in [0.25, 0.3) is 0 Å². The largest absolute Gasteiger partial charge is 0.380 e. The molecule has 0 bridgehead atoms. The molecule has 1 fully saturated rings. The lowest BCUT2D eigenvalue weighted by Gasteiger charge is -2.13. The molecule has 1 heterocycles. The van der Waals surface area contributed by atoms with Crippen LogP contribution in [0.1, 0.15) is 33.1 Å². The van der Waals surface area contributed by atoms with Crippen LogP contribution < -0.4 is 5.32 Å². The Morgan fingerprint density at radius 3 is 2.74 bits per heavy atom. The molecule has 0 spiro atoms. The van der Waals surface area contributed by atoms with Crippen molar-refractivity contribution < 1.29 is 19.1 Å². The number of nitrogens with one attached hydrogen (secondary N) is 1. The zero-order chi connectivity index (χ0) is 14.3. The van der Waals surface area contributed by atoms with E-state index in [4.69, 9.17) is 4.74 Å². The van der Waals surface area contributed by atoms with Gasteiger partial charge in [-0.1, -0.05) is 13.8 Å². The second-order valence-electron chi connectivity index (χ2n) is 4.70. The fourth-order valence-corrected chi connectivity index (χ4v) is 1.89. The molecule has 1 aliphatic rings. The molecule has 3 amide bonds. The Morgan fingerprint density at radius 2 is 2.16 bits per heavy atom. The number of carbonyl (C=O) groups is 3. The van der Waals surface area contributed by atoms with Gasteiger partial charge >= 0.3 is 0 Å². The third-order valence-corrected chi connectivity index (χ3v) is 2.95. The van der Waals surface area contributed by atoms with Crippen LogP contribution in [0.5, 0.6) is 0 Å². The van der Waals surface area contributed by atoms with E-state index < -0.39 is 0 Å². The summed E-state index contributed by atoms with van der Waals surface area (Å²) in [6, 6.07) is 0. The van der Waals surface area contributed by atoms with Crippen LogP contribution in [0.2, 0.25) is 0 Å². The van der Waals surface area contributed by atoms with Gasteiger partial charge in [0.05, 0.1) is 6.61 Å². The molecule has 0 saturated carbocycles. The van der Waals surface area contributed by atoms with Crippen molar-refractivity contribution in [2.45, 2.75) is 33.1 Å². The Bertz CT molecular complexity index is 344. The summed E-state index contributed by atoms with van der Waals surface area (Å²) in [6.07, 6.45) is 1.36. The number of likely N-dealkylation sites (tertiary alicyclic amines) is 1. The average molecular weight is 270 g/mol. The molecule has 1 unspecified atom stereocenters. The first-order chi connectivity index (χ1) is 9.06. The van der Waals surface area contributed by atoms with E-state index in [0.717, 1.165) is 6.42 Å². The van der Waals surface area contributed by atoms with Crippen LogP contribution >= 0.6 is 0 Å². The van der Waals surface area contributed by atoms with E-state index >= 15 is 0 Å². The highest BCUT2D eigenvalue weighted by Gasteiger charge is 2.35. The third-order valence-electron chi connectivity index (χ3n) is 2.95. The van der Waals surface area contributed by atoms with E-state index in [1.54, 1.807) is 6.92 Å². The summed E-state index contributed by atoms with van der Waals surface area (Å²) in [5.74, 6) is -0.779. The summed E-state index contributed by atoms with van der Waals surface area (Å²) in [7, 11) is 0. The minimum atomic E-state index is -0.252. The molecule has 0 radical (unpaired) electrons. The van der Waals surface area contributed by atoms with Gasteiger partial charge in [0.25, 0.3) is 0 Å². The van der Waals surface area contributed by atoms with Gasteiger partial charge in [-0.25, -0.2) is 0 Å². The molecule has 0 aromatic heterocycles. The molecular weight excluding hydrogens is 248 g/mol. The number of hydrogen-bond acceptors (Lipinski definition) is 4. The van der Waals surface area contributed by atoms with E-state index in [2.05, 4.69) is 5.32 Å². The van der Waals surface area contributed by atoms with Crippen molar-refractivity contribution in [3.05, 3.63) is 0 Å². The Balaban J connectivity index is 2.16. The highest BCUT2D eigenvalue weighted by molar-refractivity contribution is 6.03. The molecule has 1 N–H and O–H groups in total. The predicted molar refractivity (Wildman–Crippen MR) is 69.2 cm³/mol. The van der Waals surface area contributed by atoms with Crippen molar-refractivity contribution in [2.24, 2.45) is 5.92 Å². The summed E-state index contributed by atoms with van der Waals surface area (Å²) in [4.78, 5) is 35.8. The topological polar surface area (TPSA) is 75.7 Å². The van der Waals surface area contributed by atoms with Crippen LogP contribution in [-0.2, 0) is 19.1 Å². The molecule has 0 aromatic rings. The van der Waals surface area contributed by atoms with Crippen molar-refractivity contribution in [2.75, 3.05) is 26.3 Å². The van der Waals surface area contributed by atoms with Gasteiger partial charge in [0.1, 0.15) is 0 Å². The minimum absolute atomic E-state index is 0.151. The van der Waals surface area contributed by atoms with E-state index in [1.807, 2.05) is 6.92 Å².